The second kappa shape index (κ2) is 16.2. The van der Waals surface area contributed by atoms with Gasteiger partial charge in [-0.1, -0.05) is 200 Å². The Bertz CT molecular complexity index is 4000. The highest BCUT2D eigenvalue weighted by Crippen LogP contribution is 2.57. The van der Waals surface area contributed by atoms with Crippen LogP contribution in [0.1, 0.15) is 22.3 Å². The fourth-order valence-corrected chi connectivity index (χ4v) is 12.8. The molecule has 2 heterocycles. The predicted molar refractivity (Wildman–Crippen MR) is 297 cm³/mol. The molecule has 2 aromatic heterocycles. The zero-order chi connectivity index (χ0) is 46.2. The Morgan fingerprint density at radius 3 is 1.47 bits per heavy atom. The molecule has 2 nitrogen and oxygen atoms in total. The summed E-state index contributed by atoms with van der Waals surface area (Å²) in [6.07, 6.45) is 0. The van der Waals surface area contributed by atoms with E-state index >= 15 is 0 Å². The quantitative estimate of drug-likeness (QED) is 0.147. The summed E-state index contributed by atoms with van der Waals surface area (Å²) >= 11 is 1.88. The van der Waals surface area contributed by atoms with E-state index in [1.165, 1.54) is 97.6 Å². The molecule has 0 saturated carbocycles. The lowest BCUT2D eigenvalue weighted by atomic mass is 9.68. The van der Waals surface area contributed by atoms with Crippen molar-refractivity contribution in [2.45, 2.75) is 5.41 Å². The minimum absolute atomic E-state index is 0.466. The van der Waals surface area contributed by atoms with Crippen LogP contribution in [0.15, 0.2) is 267 Å². The molecule has 0 radical (unpaired) electrons. The van der Waals surface area contributed by atoms with Crippen LogP contribution in [0, 0.1) is 0 Å². The van der Waals surface area contributed by atoms with Gasteiger partial charge in [0.1, 0.15) is 0 Å². The third-order valence-corrected chi connectivity index (χ3v) is 15.9. The summed E-state index contributed by atoms with van der Waals surface area (Å²) in [6.45, 7) is 0. The Hall–Kier alpha value is -8.76. The van der Waals surface area contributed by atoms with Crippen molar-refractivity contribution >= 4 is 70.4 Å². The van der Waals surface area contributed by atoms with Crippen LogP contribution in [0.4, 0.5) is 17.1 Å². The van der Waals surface area contributed by atoms with Gasteiger partial charge in [-0.15, -0.1) is 11.3 Å². The molecule has 0 saturated heterocycles. The Balaban J connectivity index is 0.892. The maximum absolute atomic E-state index is 2.43. The van der Waals surface area contributed by atoms with E-state index < -0.39 is 5.41 Å². The minimum Gasteiger partial charge on any atom is -0.310 e. The standard InChI is InChI=1S/C67H44N2S/c1-3-16-48(17-4-1)67(49-18-5-2-6-19-49)61-26-11-7-20-55(61)60-44-53(42-43-62(60)67)68(51-40-34-47(35-41-51)54-24-15-25-59-58-23-10-14-29-65(58)70-66(54)59)50-36-30-45(31-37-50)46-32-38-52(39-33-46)69-63-27-12-8-21-56(63)57-22-9-13-28-64(57)69/h1-44H. The van der Waals surface area contributed by atoms with Crippen molar-refractivity contribution in [2.75, 3.05) is 4.90 Å². The number of aromatic nitrogens is 1. The highest BCUT2D eigenvalue weighted by molar-refractivity contribution is 7.26. The summed E-state index contributed by atoms with van der Waals surface area (Å²) in [7, 11) is 0. The van der Waals surface area contributed by atoms with E-state index in [9.17, 15) is 0 Å². The first-order valence-electron chi connectivity index (χ1n) is 24.1. The van der Waals surface area contributed by atoms with Crippen molar-refractivity contribution in [3.63, 3.8) is 0 Å². The number of hydrogen-bond donors (Lipinski definition) is 0. The molecule has 1 aliphatic carbocycles. The molecule has 0 spiro atoms. The molecule has 328 valence electrons. The molecule has 1 aliphatic rings. The summed E-state index contributed by atoms with van der Waals surface area (Å²) in [5.41, 5.74) is 18.9. The van der Waals surface area contributed by atoms with E-state index in [0.29, 0.717) is 0 Å². The normalized spacial score (nSPS) is 12.7. The maximum atomic E-state index is 2.43. The first kappa shape index (κ1) is 40.3. The second-order valence-electron chi connectivity index (χ2n) is 18.4. The van der Waals surface area contributed by atoms with E-state index in [4.69, 9.17) is 0 Å². The van der Waals surface area contributed by atoms with Gasteiger partial charge in [0.05, 0.1) is 16.4 Å². The minimum atomic E-state index is -0.466. The molecule has 13 aromatic rings. The molecular weight excluding hydrogens is 865 g/mol. The van der Waals surface area contributed by atoms with Crippen LogP contribution in [0.25, 0.3) is 81.0 Å². The van der Waals surface area contributed by atoms with Crippen LogP contribution in [-0.2, 0) is 5.41 Å². The molecule has 0 fully saturated rings. The predicted octanol–water partition coefficient (Wildman–Crippen LogP) is 18.3. The average Bonchev–Trinajstić information content (AvgIpc) is 4.09. The lowest BCUT2D eigenvalue weighted by Crippen LogP contribution is -2.28. The maximum Gasteiger partial charge on any atom is 0.0713 e. The Labute approximate surface area is 411 Å². The number of benzene rings is 11. The number of para-hydroxylation sites is 2. The lowest BCUT2D eigenvalue weighted by Gasteiger charge is -2.34. The third-order valence-electron chi connectivity index (χ3n) is 14.7. The van der Waals surface area contributed by atoms with Crippen molar-refractivity contribution in [2.24, 2.45) is 0 Å². The third kappa shape index (κ3) is 6.19. The molecule has 0 bridgehead atoms. The van der Waals surface area contributed by atoms with E-state index in [-0.39, 0.29) is 0 Å². The molecule has 0 unspecified atom stereocenters. The van der Waals surface area contributed by atoms with Gasteiger partial charge in [-0.25, -0.2) is 0 Å². The molecule has 70 heavy (non-hydrogen) atoms. The molecule has 0 atom stereocenters. The van der Waals surface area contributed by atoms with Crippen LogP contribution in [0.2, 0.25) is 0 Å². The summed E-state index contributed by atoms with van der Waals surface area (Å²) in [5, 5.41) is 5.16. The molecule has 14 rings (SSSR count). The van der Waals surface area contributed by atoms with Gasteiger partial charge in [-0.2, -0.15) is 0 Å². The smallest absolute Gasteiger partial charge is 0.0713 e. The van der Waals surface area contributed by atoms with Crippen LogP contribution in [-0.4, -0.2) is 4.57 Å². The van der Waals surface area contributed by atoms with Crippen molar-refractivity contribution in [3.8, 4) is 39.1 Å². The highest BCUT2D eigenvalue weighted by Gasteiger charge is 2.46. The van der Waals surface area contributed by atoms with Gasteiger partial charge < -0.3 is 9.47 Å². The number of thiophene rings is 1. The number of anilines is 3. The summed E-state index contributed by atoms with van der Waals surface area (Å²) in [4.78, 5) is 2.42. The van der Waals surface area contributed by atoms with E-state index in [1.54, 1.807) is 0 Å². The summed E-state index contributed by atoms with van der Waals surface area (Å²) in [6, 6.07) is 98.4. The van der Waals surface area contributed by atoms with Gasteiger partial charge in [0, 0.05) is 53.7 Å². The van der Waals surface area contributed by atoms with E-state index in [1.807, 2.05) is 11.3 Å². The van der Waals surface area contributed by atoms with Gasteiger partial charge in [-0.3, -0.25) is 0 Å². The molecule has 3 heteroatoms. The van der Waals surface area contributed by atoms with Gasteiger partial charge in [0.2, 0.25) is 0 Å². The van der Waals surface area contributed by atoms with Gasteiger partial charge in [-0.05, 0) is 122 Å². The number of rotatable bonds is 8. The fraction of sp³-hybridized carbons (Fsp3) is 0.0149. The average molecular weight is 909 g/mol. The molecular formula is C67H44N2S. The summed E-state index contributed by atoms with van der Waals surface area (Å²) in [5.74, 6) is 0. The topological polar surface area (TPSA) is 8.17 Å². The van der Waals surface area contributed by atoms with Gasteiger partial charge in [0.25, 0.3) is 0 Å². The zero-order valence-corrected chi connectivity index (χ0v) is 39.0. The second-order valence-corrected chi connectivity index (χ2v) is 19.4. The largest absolute Gasteiger partial charge is 0.310 e. The highest BCUT2D eigenvalue weighted by atomic mass is 32.1. The molecule has 11 aromatic carbocycles. The SMILES string of the molecule is c1ccc(C2(c3ccccc3)c3ccccc3-c3cc(N(c4ccc(-c5ccc(-n6c7ccccc7c7ccccc76)cc5)cc4)c4ccc(-c5cccc6c5sc5ccccc56)cc4)ccc32)cc1. The molecule has 0 N–H and O–H groups in total. The van der Waals surface area contributed by atoms with Crippen LogP contribution in [0.3, 0.4) is 0 Å². The zero-order valence-electron chi connectivity index (χ0n) is 38.2. The Morgan fingerprint density at radius 1 is 0.329 bits per heavy atom. The van der Waals surface area contributed by atoms with E-state index in [2.05, 4.69) is 276 Å². The first-order chi connectivity index (χ1) is 34.7. The van der Waals surface area contributed by atoms with Crippen molar-refractivity contribution in [3.05, 3.63) is 289 Å². The van der Waals surface area contributed by atoms with Gasteiger partial charge >= 0.3 is 0 Å². The van der Waals surface area contributed by atoms with Crippen LogP contribution in [0.5, 0.6) is 0 Å². The number of fused-ring (bicyclic) bond motifs is 9. The number of nitrogens with zero attached hydrogens (tertiary/aromatic N) is 2. The van der Waals surface area contributed by atoms with Crippen molar-refractivity contribution in [1.29, 1.82) is 0 Å². The molecule has 0 amide bonds. The van der Waals surface area contributed by atoms with E-state index in [0.717, 1.165) is 22.7 Å². The van der Waals surface area contributed by atoms with Gasteiger partial charge in [0.15, 0.2) is 0 Å². The number of hydrogen-bond acceptors (Lipinski definition) is 2. The summed E-state index contributed by atoms with van der Waals surface area (Å²) < 4.78 is 5.02. The first-order valence-corrected chi connectivity index (χ1v) is 24.9. The molecule has 0 aliphatic heterocycles. The van der Waals surface area contributed by atoms with Crippen molar-refractivity contribution < 1.29 is 0 Å². The lowest BCUT2D eigenvalue weighted by molar-refractivity contribution is 0.768. The monoisotopic (exact) mass is 908 g/mol. The van der Waals surface area contributed by atoms with Crippen LogP contribution >= 0.6 is 11.3 Å². The van der Waals surface area contributed by atoms with Crippen molar-refractivity contribution in [1.82, 2.24) is 4.57 Å². The van der Waals surface area contributed by atoms with Crippen LogP contribution < -0.4 is 4.90 Å². The Morgan fingerprint density at radius 2 is 0.814 bits per heavy atom. The Kier molecular flexibility index (Phi) is 9.33. The fourth-order valence-electron chi connectivity index (χ4n) is 11.6.